The Hall–Kier alpha value is -0.540. The van der Waals surface area contributed by atoms with E-state index in [2.05, 4.69) is 21.2 Å². The molecule has 0 aliphatic rings. The fourth-order valence-corrected chi connectivity index (χ4v) is 1.67. The summed E-state index contributed by atoms with van der Waals surface area (Å²) < 4.78 is 0.915. The first kappa shape index (κ1) is 10.5. The molecule has 0 atom stereocenters. The van der Waals surface area contributed by atoms with Gasteiger partial charge < -0.3 is 5.32 Å². The van der Waals surface area contributed by atoms with Crippen LogP contribution in [0.15, 0.2) is 22.7 Å². The molecular formula is C9H9BrClNO. The van der Waals surface area contributed by atoms with Crippen molar-refractivity contribution < 1.29 is 4.79 Å². The van der Waals surface area contributed by atoms with E-state index in [1.54, 1.807) is 13.1 Å². The molecule has 0 radical (unpaired) electrons. The molecule has 0 unspecified atom stereocenters. The normalized spacial score (nSPS) is 9.77. The Morgan fingerprint density at radius 1 is 1.62 bits per heavy atom. The van der Waals surface area contributed by atoms with E-state index in [1.165, 1.54) is 0 Å². The fourth-order valence-electron chi connectivity index (χ4n) is 0.926. The van der Waals surface area contributed by atoms with Gasteiger partial charge in [-0.15, -0.1) is 0 Å². The molecule has 0 saturated heterocycles. The van der Waals surface area contributed by atoms with Crippen LogP contribution in [-0.2, 0) is 11.2 Å². The molecule has 4 heteroatoms. The zero-order valence-corrected chi connectivity index (χ0v) is 9.45. The number of likely N-dealkylation sites (N-methyl/N-ethyl adjacent to an activating group) is 1. The average Bonchev–Trinajstić information content (AvgIpc) is 2.09. The molecule has 0 saturated carbocycles. The van der Waals surface area contributed by atoms with Crippen molar-refractivity contribution in [1.82, 2.24) is 5.32 Å². The summed E-state index contributed by atoms with van der Waals surface area (Å²) in [5, 5.41) is 3.16. The summed E-state index contributed by atoms with van der Waals surface area (Å²) in [4.78, 5) is 11.0. The second-order valence-corrected chi connectivity index (χ2v) is 3.91. The summed E-state index contributed by atoms with van der Waals surface area (Å²) in [6.07, 6.45) is 0.322. The topological polar surface area (TPSA) is 29.1 Å². The largest absolute Gasteiger partial charge is 0.359 e. The van der Waals surface area contributed by atoms with Crippen molar-refractivity contribution in [3.05, 3.63) is 33.3 Å². The van der Waals surface area contributed by atoms with Crippen molar-refractivity contribution in [2.24, 2.45) is 0 Å². The van der Waals surface area contributed by atoms with Crippen molar-refractivity contribution in [2.45, 2.75) is 6.42 Å². The highest BCUT2D eigenvalue weighted by Crippen LogP contribution is 2.21. The number of halogens is 2. The number of carbonyl (C=O) groups is 1. The predicted octanol–water partition coefficient (Wildman–Crippen LogP) is 2.39. The highest BCUT2D eigenvalue weighted by Gasteiger charge is 2.05. The Morgan fingerprint density at radius 3 is 2.85 bits per heavy atom. The Kier molecular flexibility index (Phi) is 3.75. The molecule has 0 spiro atoms. The Bertz CT molecular complexity index is 327. The van der Waals surface area contributed by atoms with Crippen LogP contribution < -0.4 is 5.32 Å². The van der Waals surface area contributed by atoms with E-state index >= 15 is 0 Å². The Labute approximate surface area is 90.4 Å². The van der Waals surface area contributed by atoms with Crippen LogP contribution in [0.3, 0.4) is 0 Å². The maximum absolute atomic E-state index is 11.0. The number of rotatable bonds is 2. The van der Waals surface area contributed by atoms with Crippen LogP contribution in [-0.4, -0.2) is 13.0 Å². The van der Waals surface area contributed by atoms with Crippen molar-refractivity contribution in [3.8, 4) is 0 Å². The molecule has 13 heavy (non-hydrogen) atoms. The molecular weight excluding hydrogens is 253 g/mol. The molecule has 0 aromatic heterocycles. The minimum Gasteiger partial charge on any atom is -0.359 e. The second-order valence-electron chi connectivity index (χ2n) is 2.59. The Balaban J connectivity index is 2.83. The predicted molar refractivity (Wildman–Crippen MR) is 56.9 cm³/mol. The molecule has 0 aliphatic heterocycles. The van der Waals surface area contributed by atoms with Gasteiger partial charge in [0.1, 0.15) is 0 Å². The van der Waals surface area contributed by atoms with E-state index in [4.69, 9.17) is 11.6 Å². The van der Waals surface area contributed by atoms with Gasteiger partial charge in [-0.25, -0.2) is 0 Å². The third-order valence-electron chi connectivity index (χ3n) is 1.64. The smallest absolute Gasteiger partial charge is 0.224 e. The van der Waals surface area contributed by atoms with Crippen LogP contribution in [0.25, 0.3) is 0 Å². The molecule has 1 amide bonds. The first-order valence-corrected chi connectivity index (χ1v) is 4.95. The maximum atomic E-state index is 11.0. The molecule has 1 rings (SSSR count). The van der Waals surface area contributed by atoms with Crippen LogP contribution >= 0.6 is 27.5 Å². The van der Waals surface area contributed by atoms with Crippen molar-refractivity contribution in [2.75, 3.05) is 7.05 Å². The summed E-state index contributed by atoms with van der Waals surface area (Å²) in [6, 6.07) is 5.48. The zero-order valence-electron chi connectivity index (χ0n) is 7.10. The van der Waals surface area contributed by atoms with E-state index < -0.39 is 0 Å². The molecule has 1 N–H and O–H groups in total. The number of carbonyl (C=O) groups excluding carboxylic acids is 1. The highest BCUT2D eigenvalue weighted by atomic mass is 79.9. The summed E-state index contributed by atoms with van der Waals surface area (Å²) in [7, 11) is 1.61. The number of hydrogen-bond donors (Lipinski definition) is 1. The summed E-state index contributed by atoms with van der Waals surface area (Å²) >= 11 is 9.22. The average molecular weight is 263 g/mol. The SMILES string of the molecule is CNC(=O)Cc1ccc(Br)cc1Cl. The van der Waals surface area contributed by atoms with Gasteiger partial charge in [-0.1, -0.05) is 33.6 Å². The number of amides is 1. The lowest BCUT2D eigenvalue weighted by Crippen LogP contribution is -2.20. The quantitative estimate of drug-likeness (QED) is 0.871. The van der Waals surface area contributed by atoms with Gasteiger partial charge in [-0.2, -0.15) is 0 Å². The van der Waals surface area contributed by atoms with Crippen molar-refractivity contribution in [3.63, 3.8) is 0 Å². The summed E-state index contributed by atoms with van der Waals surface area (Å²) in [5.74, 6) is -0.0378. The standard InChI is InChI=1S/C9H9BrClNO/c1-12-9(13)4-6-2-3-7(10)5-8(6)11/h2-3,5H,4H2,1H3,(H,12,13). The lowest BCUT2D eigenvalue weighted by Gasteiger charge is -2.03. The highest BCUT2D eigenvalue weighted by molar-refractivity contribution is 9.10. The van der Waals surface area contributed by atoms with Gasteiger partial charge in [0.25, 0.3) is 0 Å². The molecule has 0 aliphatic carbocycles. The van der Waals surface area contributed by atoms with Crippen LogP contribution in [0.1, 0.15) is 5.56 Å². The van der Waals surface area contributed by atoms with Gasteiger partial charge in [0.05, 0.1) is 6.42 Å². The molecule has 70 valence electrons. The van der Waals surface area contributed by atoms with Gasteiger partial charge in [-0.3, -0.25) is 4.79 Å². The second kappa shape index (κ2) is 4.63. The third-order valence-corrected chi connectivity index (χ3v) is 2.49. The van der Waals surface area contributed by atoms with Crippen molar-refractivity contribution in [1.29, 1.82) is 0 Å². The maximum Gasteiger partial charge on any atom is 0.224 e. The van der Waals surface area contributed by atoms with Gasteiger partial charge in [-0.05, 0) is 17.7 Å². The minimum atomic E-state index is -0.0378. The van der Waals surface area contributed by atoms with Crippen LogP contribution in [0.4, 0.5) is 0 Å². The monoisotopic (exact) mass is 261 g/mol. The Morgan fingerprint density at radius 2 is 2.31 bits per heavy atom. The molecule has 0 fully saturated rings. The first-order valence-electron chi connectivity index (χ1n) is 3.78. The minimum absolute atomic E-state index is 0.0378. The lowest BCUT2D eigenvalue weighted by molar-refractivity contribution is -0.119. The van der Waals surface area contributed by atoms with Gasteiger partial charge in [0.15, 0.2) is 0 Å². The van der Waals surface area contributed by atoms with E-state index in [1.807, 2.05) is 12.1 Å². The number of benzene rings is 1. The van der Waals surface area contributed by atoms with Gasteiger partial charge in [0, 0.05) is 16.5 Å². The van der Waals surface area contributed by atoms with Crippen LogP contribution in [0, 0.1) is 0 Å². The number of hydrogen-bond acceptors (Lipinski definition) is 1. The van der Waals surface area contributed by atoms with E-state index in [-0.39, 0.29) is 5.91 Å². The first-order chi connectivity index (χ1) is 6.13. The van der Waals surface area contributed by atoms with E-state index in [9.17, 15) is 4.79 Å². The van der Waals surface area contributed by atoms with E-state index in [0.717, 1.165) is 10.0 Å². The van der Waals surface area contributed by atoms with Gasteiger partial charge in [0.2, 0.25) is 5.91 Å². The zero-order chi connectivity index (χ0) is 9.84. The molecule has 0 bridgehead atoms. The lowest BCUT2D eigenvalue weighted by atomic mass is 10.1. The van der Waals surface area contributed by atoms with Crippen LogP contribution in [0.2, 0.25) is 5.02 Å². The van der Waals surface area contributed by atoms with Crippen molar-refractivity contribution >= 4 is 33.4 Å². The third kappa shape index (κ3) is 3.01. The number of nitrogens with one attached hydrogen (secondary N) is 1. The van der Waals surface area contributed by atoms with Gasteiger partial charge >= 0.3 is 0 Å². The molecule has 0 heterocycles. The van der Waals surface area contributed by atoms with Crippen LogP contribution in [0.5, 0.6) is 0 Å². The molecule has 1 aromatic carbocycles. The van der Waals surface area contributed by atoms with E-state index in [0.29, 0.717) is 11.4 Å². The molecule has 2 nitrogen and oxygen atoms in total. The molecule has 1 aromatic rings. The summed E-state index contributed by atoms with van der Waals surface area (Å²) in [5.41, 5.74) is 0.837. The fraction of sp³-hybridized carbons (Fsp3) is 0.222. The summed E-state index contributed by atoms with van der Waals surface area (Å²) in [6.45, 7) is 0.